The van der Waals surface area contributed by atoms with E-state index < -0.39 is 11.4 Å². The molecule has 2 N–H and O–H groups in total. The summed E-state index contributed by atoms with van der Waals surface area (Å²) in [6.07, 6.45) is 1.35. The number of nitrogens with one attached hydrogen (secondary N) is 1. The van der Waals surface area contributed by atoms with Crippen LogP contribution in [0.25, 0.3) is 0 Å². The van der Waals surface area contributed by atoms with Crippen LogP contribution in [0.4, 0.5) is 0 Å². The number of aryl methyl sites for hydroxylation is 1. The number of carboxylic acids is 1. The van der Waals surface area contributed by atoms with Crippen molar-refractivity contribution >= 4 is 23.6 Å². The van der Waals surface area contributed by atoms with Crippen LogP contribution in [0.2, 0.25) is 0 Å². The predicted molar refractivity (Wildman–Crippen MR) is 90.9 cm³/mol. The molecule has 1 saturated heterocycles. The molecule has 0 aliphatic carbocycles. The molecule has 1 heterocycles. The molecule has 126 valence electrons. The lowest BCUT2D eigenvalue weighted by molar-refractivity contribution is -0.134. The first kappa shape index (κ1) is 17.8. The fraction of sp³-hybridized carbons (Fsp3) is 0.529. The number of carbonyl (C=O) groups excluding carboxylic acids is 1. The first-order valence-corrected chi connectivity index (χ1v) is 8.93. The van der Waals surface area contributed by atoms with Crippen molar-refractivity contribution in [3.8, 4) is 0 Å². The maximum absolute atomic E-state index is 12.9. The molecule has 5 nitrogen and oxygen atoms in total. The topological polar surface area (TPSA) is 75.6 Å². The summed E-state index contributed by atoms with van der Waals surface area (Å²) < 4.78 is 5.46. The predicted octanol–water partition coefficient (Wildman–Crippen LogP) is 1.98. The van der Waals surface area contributed by atoms with Crippen LogP contribution in [-0.4, -0.2) is 48.2 Å². The average Bonchev–Trinajstić information content (AvgIpc) is 2.55. The third kappa shape index (κ3) is 4.48. The summed E-state index contributed by atoms with van der Waals surface area (Å²) in [6.45, 7) is 3.67. The molecule has 0 saturated carbocycles. The molecule has 1 fully saturated rings. The summed E-state index contributed by atoms with van der Waals surface area (Å²) in [6, 6.07) is 8.00. The molecule has 1 amide bonds. The van der Waals surface area contributed by atoms with Gasteiger partial charge in [-0.15, -0.1) is 11.8 Å². The molecule has 6 heteroatoms. The van der Waals surface area contributed by atoms with Crippen LogP contribution in [-0.2, 0) is 19.7 Å². The number of amides is 1. The largest absolute Gasteiger partial charge is 0.481 e. The van der Waals surface area contributed by atoms with E-state index in [-0.39, 0.29) is 11.7 Å². The summed E-state index contributed by atoms with van der Waals surface area (Å²) in [7, 11) is 0. The van der Waals surface area contributed by atoms with Crippen molar-refractivity contribution < 1.29 is 19.4 Å². The summed E-state index contributed by atoms with van der Waals surface area (Å²) in [5.74, 6) is -0.154. The minimum absolute atomic E-state index is 0.0195. The Morgan fingerprint density at radius 3 is 2.65 bits per heavy atom. The number of hydrogen-bond donors (Lipinski definition) is 2. The molecule has 0 spiro atoms. The van der Waals surface area contributed by atoms with Crippen LogP contribution in [0.3, 0.4) is 0 Å². The van der Waals surface area contributed by atoms with Gasteiger partial charge in [0.2, 0.25) is 5.91 Å². The molecule has 0 atom stereocenters. The van der Waals surface area contributed by atoms with E-state index in [9.17, 15) is 9.59 Å². The van der Waals surface area contributed by atoms with Gasteiger partial charge in [-0.3, -0.25) is 9.59 Å². The number of thioether (sulfide) groups is 1. The standard InChI is InChI=1S/C17H23NO4S/c1-13-4-2-3-5-14(13)17(6-9-22-10-7-17)16(21)18-8-11-23-12-15(19)20/h2-5H,6-12H2,1H3,(H,18,21)(H,19,20). The Hall–Kier alpha value is -1.53. The maximum Gasteiger partial charge on any atom is 0.313 e. The van der Waals surface area contributed by atoms with Crippen LogP contribution in [0, 0.1) is 6.92 Å². The van der Waals surface area contributed by atoms with E-state index in [1.54, 1.807) is 0 Å². The second-order valence-corrected chi connectivity index (χ2v) is 6.82. The molecule has 1 aliphatic heterocycles. The van der Waals surface area contributed by atoms with E-state index in [1.165, 1.54) is 11.8 Å². The third-order valence-corrected chi connectivity index (χ3v) is 5.14. The van der Waals surface area contributed by atoms with Gasteiger partial charge in [-0.2, -0.15) is 0 Å². The van der Waals surface area contributed by atoms with Crippen molar-refractivity contribution in [2.75, 3.05) is 31.3 Å². The Labute approximate surface area is 140 Å². The smallest absolute Gasteiger partial charge is 0.313 e. The van der Waals surface area contributed by atoms with Crippen LogP contribution >= 0.6 is 11.8 Å². The lowest BCUT2D eigenvalue weighted by atomic mass is 9.72. The highest BCUT2D eigenvalue weighted by atomic mass is 32.2. The highest BCUT2D eigenvalue weighted by molar-refractivity contribution is 7.99. The number of carbonyl (C=O) groups is 2. The van der Waals surface area contributed by atoms with Crippen molar-refractivity contribution in [2.24, 2.45) is 0 Å². The van der Waals surface area contributed by atoms with E-state index in [2.05, 4.69) is 5.32 Å². The molecule has 0 radical (unpaired) electrons. The molecule has 0 aromatic heterocycles. The van der Waals surface area contributed by atoms with Crippen LogP contribution in [0.5, 0.6) is 0 Å². The highest BCUT2D eigenvalue weighted by Gasteiger charge is 2.42. The summed E-state index contributed by atoms with van der Waals surface area (Å²) in [5.41, 5.74) is 1.64. The number of benzene rings is 1. The fourth-order valence-electron chi connectivity index (χ4n) is 3.01. The Balaban J connectivity index is 2.05. The van der Waals surface area contributed by atoms with Crippen LogP contribution in [0.1, 0.15) is 24.0 Å². The number of rotatable bonds is 7. The first-order chi connectivity index (χ1) is 11.1. The Kier molecular flexibility index (Phi) is 6.47. The molecule has 23 heavy (non-hydrogen) atoms. The van der Waals surface area contributed by atoms with Gasteiger partial charge in [0.05, 0.1) is 11.2 Å². The maximum atomic E-state index is 12.9. The van der Waals surface area contributed by atoms with Crippen molar-refractivity contribution in [2.45, 2.75) is 25.2 Å². The monoisotopic (exact) mass is 337 g/mol. The second-order valence-electron chi connectivity index (χ2n) is 5.71. The number of ether oxygens (including phenoxy) is 1. The molecule has 0 bridgehead atoms. The zero-order valence-corrected chi connectivity index (χ0v) is 14.2. The normalized spacial score (nSPS) is 16.7. The van der Waals surface area contributed by atoms with Gasteiger partial charge in [-0.25, -0.2) is 0 Å². The van der Waals surface area contributed by atoms with Gasteiger partial charge in [0.15, 0.2) is 0 Å². The Morgan fingerprint density at radius 2 is 2.00 bits per heavy atom. The van der Waals surface area contributed by atoms with Gasteiger partial charge < -0.3 is 15.2 Å². The van der Waals surface area contributed by atoms with Gasteiger partial charge in [-0.05, 0) is 30.9 Å². The summed E-state index contributed by atoms with van der Waals surface area (Å²) >= 11 is 1.31. The van der Waals surface area contributed by atoms with Crippen LogP contribution < -0.4 is 5.32 Å². The van der Waals surface area contributed by atoms with Crippen molar-refractivity contribution in [3.63, 3.8) is 0 Å². The first-order valence-electron chi connectivity index (χ1n) is 7.78. The van der Waals surface area contributed by atoms with Gasteiger partial charge in [-0.1, -0.05) is 24.3 Å². The molecule has 1 aromatic carbocycles. The van der Waals surface area contributed by atoms with E-state index in [0.29, 0.717) is 38.4 Å². The van der Waals surface area contributed by atoms with Gasteiger partial charge >= 0.3 is 5.97 Å². The lowest BCUT2D eigenvalue weighted by Crippen LogP contribution is -2.49. The highest BCUT2D eigenvalue weighted by Crippen LogP contribution is 2.36. The van der Waals surface area contributed by atoms with E-state index in [1.807, 2.05) is 31.2 Å². The minimum atomic E-state index is -0.831. The number of carboxylic acid groups (broad SMARTS) is 1. The molecular weight excluding hydrogens is 314 g/mol. The van der Waals surface area contributed by atoms with E-state index >= 15 is 0 Å². The molecule has 2 rings (SSSR count). The Bertz CT molecular complexity index is 555. The van der Waals surface area contributed by atoms with Crippen molar-refractivity contribution in [3.05, 3.63) is 35.4 Å². The lowest BCUT2D eigenvalue weighted by Gasteiger charge is -2.37. The number of hydrogen-bond acceptors (Lipinski definition) is 4. The fourth-order valence-corrected chi connectivity index (χ4v) is 3.58. The zero-order chi connectivity index (χ0) is 16.7. The third-order valence-electron chi connectivity index (χ3n) is 4.20. The van der Waals surface area contributed by atoms with E-state index in [4.69, 9.17) is 9.84 Å². The van der Waals surface area contributed by atoms with Gasteiger partial charge in [0.1, 0.15) is 0 Å². The SMILES string of the molecule is Cc1ccccc1C1(C(=O)NCCSCC(=O)O)CCOCC1. The van der Waals surface area contributed by atoms with Gasteiger partial charge in [0.25, 0.3) is 0 Å². The molecule has 1 aliphatic rings. The van der Waals surface area contributed by atoms with E-state index in [0.717, 1.165) is 11.1 Å². The summed E-state index contributed by atoms with van der Waals surface area (Å²) in [4.78, 5) is 23.4. The Morgan fingerprint density at radius 1 is 1.30 bits per heavy atom. The molecular formula is C17H23NO4S. The summed E-state index contributed by atoms with van der Waals surface area (Å²) in [5, 5.41) is 11.6. The van der Waals surface area contributed by atoms with Crippen molar-refractivity contribution in [1.82, 2.24) is 5.32 Å². The van der Waals surface area contributed by atoms with Gasteiger partial charge in [0, 0.05) is 25.5 Å². The molecule has 0 unspecified atom stereocenters. The van der Waals surface area contributed by atoms with Crippen LogP contribution in [0.15, 0.2) is 24.3 Å². The average molecular weight is 337 g/mol. The molecule has 1 aromatic rings. The minimum Gasteiger partial charge on any atom is -0.481 e. The second kappa shape index (κ2) is 8.36. The quantitative estimate of drug-likeness (QED) is 0.744. The van der Waals surface area contributed by atoms with Crippen molar-refractivity contribution in [1.29, 1.82) is 0 Å². The zero-order valence-electron chi connectivity index (χ0n) is 13.3. The number of aliphatic carboxylic acids is 1.